The van der Waals surface area contributed by atoms with E-state index in [1.54, 1.807) is 0 Å². The summed E-state index contributed by atoms with van der Waals surface area (Å²) in [6.45, 7) is 26.3. The fourth-order valence-electron chi connectivity index (χ4n) is 10.3. The van der Waals surface area contributed by atoms with Gasteiger partial charge in [0.1, 0.15) is 0 Å². The van der Waals surface area contributed by atoms with Crippen molar-refractivity contribution in [3.05, 3.63) is 23.1 Å². The third kappa shape index (κ3) is 2.81. The van der Waals surface area contributed by atoms with Crippen LogP contribution in [0.4, 0.5) is 0 Å². The number of hydrogen-bond donors (Lipinski definition) is 0. The largest absolute Gasteiger partial charge is 0.305 e. The van der Waals surface area contributed by atoms with Crippen molar-refractivity contribution in [2.45, 2.75) is 113 Å². The molecule has 0 radical (unpaired) electrons. The van der Waals surface area contributed by atoms with Gasteiger partial charge in [0, 0.05) is 23.2 Å². The second-order valence-corrected chi connectivity index (χ2v) is 15.3. The second kappa shape index (κ2) is 6.86. The molecule has 0 bridgehead atoms. The number of ketones is 2. The Morgan fingerprint density at radius 1 is 0.882 bits per heavy atom. The first kappa shape index (κ1) is 24.3. The van der Waals surface area contributed by atoms with Crippen molar-refractivity contribution in [2.75, 3.05) is 0 Å². The Balaban J connectivity index is 1.65. The van der Waals surface area contributed by atoms with E-state index in [-0.39, 0.29) is 39.3 Å². The minimum Gasteiger partial charge on any atom is -0.305 e. The third-order valence-corrected chi connectivity index (χ3v) is 12.7. The van der Waals surface area contributed by atoms with Crippen molar-refractivity contribution in [3.63, 3.8) is 0 Å². The highest BCUT2D eigenvalue weighted by Gasteiger charge is 2.70. The molecule has 34 heavy (non-hydrogen) atoms. The lowest BCUT2D eigenvalue weighted by atomic mass is 9.34. The molecule has 3 nitrogen and oxygen atoms in total. The lowest BCUT2D eigenvalue weighted by molar-refractivity contribution is -0.173. The van der Waals surface area contributed by atoms with Crippen molar-refractivity contribution in [3.8, 4) is 0 Å². The summed E-state index contributed by atoms with van der Waals surface area (Å²) in [5.74, 6) is 1.19. The number of carbonyl (C=O) groups is 2. The van der Waals surface area contributed by atoms with Gasteiger partial charge in [0.05, 0.1) is 0 Å². The van der Waals surface area contributed by atoms with Crippen LogP contribution in [0.5, 0.6) is 0 Å². The number of Topliss-reactive ketones (excluding diaryl/α,β-unsaturated/α-hetero) is 1. The molecular weight excluding hydrogens is 418 g/mol. The zero-order valence-electron chi connectivity index (χ0n) is 22.8. The van der Waals surface area contributed by atoms with E-state index in [1.165, 1.54) is 24.8 Å². The fourth-order valence-corrected chi connectivity index (χ4v) is 10.3. The molecule has 8 unspecified atom stereocenters. The summed E-state index contributed by atoms with van der Waals surface area (Å²) in [4.78, 5) is 31.3. The highest BCUT2D eigenvalue weighted by molar-refractivity contribution is 5.96. The van der Waals surface area contributed by atoms with Crippen molar-refractivity contribution in [2.24, 2.45) is 50.2 Å². The van der Waals surface area contributed by atoms with Gasteiger partial charge in [-0.15, -0.1) is 0 Å². The molecule has 0 amide bonds. The number of allylic oxidation sites excluding steroid dienone is 2. The van der Waals surface area contributed by atoms with Gasteiger partial charge in [0.2, 0.25) is 5.78 Å². The van der Waals surface area contributed by atoms with E-state index in [2.05, 4.69) is 66.3 Å². The fraction of sp³-hybridized carbons (Fsp3) is 0.839. The van der Waals surface area contributed by atoms with Crippen LogP contribution in [0, 0.1) is 56.8 Å². The predicted molar refractivity (Wildman–Crippen MR) is 136 cm³/mol. The summed E-state index contributed by atoms with van der Waals surface area (Å²) < 4.78 is 0. The van der Waals surface area contributed by atoms with Crippen LogP contribution < -0.4 is 0 Å². The Morgan fingerprint density at radius 2 is 1.53 bits per heavy atom. The maximum absolute atomic E-state index is 14.2. The van der Waals surface area contributed by atoms with Gasteiger partial charge in [0.15, 0.2) is 5.78 Å². The molecule has 8 atom stereocenters. The van der Waals surface area contributed by atoms with Crippen LogP contribution in [0.2, 0.25) is 0 Å². The van der Waals surface area contributed by atoms with E-state index < -0.39 is 11.5 Å². The van der Waals surface area contributed by atoms with E-state index in [9.17, 15) is 9.59 Å². The minimum atomic E-state index is -0.589. The first-order valence-electron chi connectivity index (χ1n) is 13.7. The summed E-state index contributed by atoms with van der Waals surface area (Å²) in [5, 5.41) is 0. The molecule has 0 aromatic carbocycles. The highest BCUT2D eigenvalue weighted by Crippen LogP contribution is 2.74. The first-order valence-corrected chi connectivity index (χ1v) is 13.7. The van der Waals surface area contributed by atoms with E-state index >= 15 is 0 Å². The van der Waals surface area contributed by atoms with Crippen molar-refractivity contribution in [1.82, 2.24) is 0 Å². The lowest BCUT2D eigenvalue weighted by Crippen LogP contribution is -2.65. The Labute approximate surface area is 207 Å². The van der Waals surface area contributed by atoms with Gasteiger partial charge in [-0.05, 0) is 84.5 Å². The van der Waals surface area contributed by atoms with Crippen molar-refractivity contribution in [1.29, 1.82) is 0 Å². The zero-order chi connectivity index (χ0) is 25.1. The Morgan fingerprint density at radius 3 is 2.18 bits per heavy atom. The number of rotatable bonds is 0. The Kier molecular flexibility index (Phi) is 4.90. The van der Waals surface area contributed by atoms with Crippen LogP contribution in [0.25, 0.3) is 4.85 Å². The molecule has 4 saturated carbocycles. The normalized spacial score (nSPS) is 51.2. The van der Waals surface area contributed by atoms with Gasteiger partial charge in [-0.2, -0.15) is 0 Å². The summed E-state index contributed by atoms with van der Waals surface area (Å²) >= 11 is 0. The van der Waals surface area contributed by atoms with Gasteiger partial charge in [-0.25, -0.2) is 6.57 Å². The Hall–Kier alpha value is -1.43. The summed E-state index contributed by atoms with van der Waals surface area (Å²) in [6.07, 6.45) is 10.7. The van der Waals surface area contributed by atoms with Gasteiger partial charge in [0.25, 0.3) is 6.04 Å². The average molecular weight is 464 g/mol. The van der Waals surface area contributed by atoms with Crippen LogP contribution in [-0.4, -0.2) is 17.6 Å². The smallest absolute Gasteiger partial charge is 0.282 e. The zero-order valence-corrected chi connectivity index (χ0v) is 22.8. The molecule has 186 valence electrons. The highest BCUT2D eigenvalue weighted by atomic mass is 16.1. The molecule has 0 aliphatic heterocycles. The molecule has 0 aromatic rings. The summed E-state index contributed by atoms with van der Waals surface area (Å²) in [5.41, 5.74) is 0.954. The molecule has 5 rings (SSSR count). The number of carbonyl (C=O) groups excluding carboxylic acids is 2. The molecule has 0 heterocycles. The molecule has 0 spiro atoms. The van der Waals surface area contributed by atoms with Gasteiger partial charge < -0.3 is 4.85 Å². The van der Waals surface area contributed by atoms with Crippen molar-refractivity contribution < 1.29 is 9.59 Å². The first-order chi connectivity index (χ1) is 15.6. The van der Waals surface area contributed by atoms with Gasteiger partial charge in [-0.1, -0.05) is 61.0 Å². The van der Waals surface area contributed by atoms with E-state index in [0.29, 0.717) is 23.5 Å². The molecule has 5 aliphatic rings. The monoisotopic (exact) mass is 463 g/mol. The quantitative estimate of drug-likeness (QED) is 0.350. The molecule has 3 heteroatoms. The third-order valence-electron chi connectivity index (χ3n) is 12.7. The maximum atomic E-state index is 14.2. The standard InChI is InChI=1S/C31H45NO2/c1-26(2)12-13-28(5)14-15-31(8)24(19(28)17-26)21(33)16-23-29(6)18-20(32-9)25(34)27(3,4)22(29)10-11-30(23,31)7/h16,19-20,22,24H,10-15,17-18H2,1-8H3. The molecule has 0 aromatic heterocycles. The molecule has 4 fully saturated rings. The lowest BCUT2D eigenvalue weighted by Gasteiger charge is -2.69. The van der Waals surface area contributed by atoms with Crippen LogP contribution in [0.15, 0.2) is 11.6 Å². The minimum absolute atomic E-state index is 0.0528. The van der Waals surface area contributed by atoms with E-state index in [0.717, 1.165) is 25.7 Å². The number of hydrogen-bond acceptors (Lipinski definition) is 2. The van der Waals surface area contributed by atoms with Crippen LogP contribution in [-0.2, 0) is 9.59 Å². The van der Waals surface area contributed by atoms with Crippen LogP contribution in [0.1, 0.15) is 107 Å². The molecular formula is C31H45NO2. The summed E-state index contributed by atoms with van der Waals surface area (Å²) in [7, 11) is 0. The maximum Gasteiger partial charge on any atom is 0.282 e. The predicted octanol–water partition coefficient (Wildman–Crippen LogP) is 7.45. The average Bonchev–Trinajstić information content (AvgIpc) is 2.74. The number of fused-ring (bicyclic) bond motifs is 7. The summed E-state index contributed by atoms with van der Waals surface area (Å²) in [6, 6.07) is -0.589. The van der Waals surface area contributed by atoms with Gasteiger partial charge in [-0.3, -0.25) is 9.59 Å². The van der Waals surface area contributed by atoms with Crippen molar-refractivity contribution >= 4 is 11.6 Å². The van der Waals surface area contributed by atoms with Crippen LogP contribution in [0.3, 0.4) is 0 Å². The van der Waals surface area contributed by atoms with Gasteiger partial charge >= 0.3 is 0 Å². The number of nitrogens with zero attached hydrogens (tertiary/aromatic N) is 1. The van der Waals surface area contributed by atoms with E-state index in [4.69, 9.17) is 6.57 Å². The topological polar surface area (TPSA) is 38.5 Å². The SMILES string of the molecule is [C-]#[N+]C1CC2(C)C3=CC(=O)C4C5CC(C)(C)CCC5(C)CCC4(C)C3(C)CCC2C(C)(C)C1=O. The second-order valence-electron chi connectivity index (χ2n) is 15.3. The Bertz CT molecular complexity index is 1030. The molecule has 0 saturated heterocycles. The molecule has 5 aliphatic carbocycles. The van der Waals surface area contributed by atoms with E-state index in [1.807, 2.05) is 0 Å². The van der Waals surface area contributed by atoms with Crippen LogP contribution >= 0.6 is 0 Å². The molecule has 0 N–H and O–H groups in total.